The number of methoxy groups -OCH3 is 2. The summed E-state index contributed by atoms with van der Waals surface area (Å²) >= 11 is 1.65. The maximum Gasteiger partial charge on any atom is 0.322 e. The van der Waals surface area contributed by atoms with Crippen molar-refractivity contribution >= 4 is 17.7 Å². The van der Waals surface area contributed by atoms with Crippen LogP contribution in [0.2, 0.25) is 0 Å². The summed E-state index contributed by atoms with van der Waals surface area (Å²) in [6.07, 6.45) is 0.601. The Morgan fingerprint density at radius 3 is 2.53 bits per heavy atom. The lowest BCUT2D eigenvalue weighted by molar-refractivity contribution is -0.142. The zero-order valence-corrected chi connectivity index (χ0v) is 10.8. The van der Waals surface area contributed by atoms with Gasteiger partial charge in [-0.25, -0.2) is 0 Å². The molecule has 1 rings (SSSR count). The number of rotatable bonds is 6. The van der Waals surface area contributed by atoms with Gasteiger partial charge in [0, 0.05) is 10.6 Å². The summed E-state index contributed by atoms with van der Waals surface area (Å²) in [5.74, 6) is 1.25. The molecule has 0 aliphatic heterocycles. The Bertz CT molecular complexity index is 353. The zero-order valence-electron chi connectivity index (χ0n) is 10.0. The minimum absolute atomic E-state index is 0.361. The first kappa shape index (κ1) is 13.9. The fourth-order valence-corrected chi connectivity index (χ4v) is 2.18. The summed E-state index contributed by atoms with van der Waals surface area (Å²) in [6.45, 7) is 0. The Hall–Kier alpha value is -1.20. The van der Waals surface area contributed by atoms with Gasteiger partial charge in [0.15, 0.2) is 0 Å². The van der Waals surface area contributed by atoms with Gasteiger partial charge in [0.25, 0.3) is 0 Å². The summed E-state index contributed by atoms with van der Waals surface area (Å²) < 4.78 is 9.62. The molecule has 0 aliphatic carbocycles. The predicted molar refractivity (Wildman–Crippen MR) is 68.3 cm³/mol. The van der Waals surface area contributed by atoms with Crippen LogP contribution in [0.15, 0.2) is 29.2 Å². The van der Waals surface area contributed by atoms with Crippen LogP contribution in [0.3, 0.4) is 0 Å². The van der Waals surface area contributed by atoms with E-state index < -0.39 is 6.04 Å². The lowest BCUT2D eigenvalue weighted by Crippen LogP contribution is -2.31. The number of carbonyl (C=O) groups excluding carboxylic acids is 1. The third-order valence-electron chi connectivity index (χ3n) is 2.26. The number of benzene rings is 1. The van der Waals surface area contributed by atoms with Crippen LogP contribution in [-0.2, 0) is 9.53 Å². The van der Waals surface area contributed by atoms with E-state index in [-0.39, 0.29) is 5.97 Å². The van der Waals surface area contributed by atoms with E-state index in [0.717, 1.165) is 16.4 Å². The van der Waals surface area contributed by atoms with Crippen LogP contribution in [0.1, 0.15) is 6.42 Å². The van der Waals surface area contributed by atoms with Crippen LogP contribution >= 0.6 is 11.8 Å². The van der Waals surface area contributed by atoms with Crippen molar-refractivity contribution < 1.29 is 14.3 Å². The van der Waals surface area contributed by atoms with Crippen molar-refractivity contribution in [3.63, 3.8) is 0 Å². The molecule has 1 atom stereocenters. The van der Waals surface area contributed by atoms with Gasteiger partial charge in [-0.1, -0.05) is 0 Å². The molecule has 0 radical (unpaired) electrons. The van der Waals surface area contributed by atoms with Crippen LogP contribution in [-0.4, -0.2) is 32.0 Å². The summed E-state index contributed by atoms with van der Waals surface area (Å²) in [7, 11) is 2.98. The van der Waals surface area contributed by atoms with Gasteiger partial charge in [0.1, 0.15) is 11.8 Å². The Morgan fingerprint density at radius 1 is 1.35 bits per heavy atom. The van der Waals surface area contributed by atoms with Gasteiger partial charge in [0.2, 0.25) is 0 Å². The molecule has 0 bridgehead atoms. The van der Waals surface area contributed by atoms with Crippen molar-refractivity contribution in [2.75, 3.05) is 20.0 Å². The Balaban J connectivity index is 2.33. The second-order valence-electron chi connectivity index (χ2n) is 3.44. The number of hydrogen-bond acceptors (Lipinski definition) is 5. The maximum atomic E-state index is 11.1. The van der Waals surface area contributed by atoms with Crippen molar-refractivity contribution in [2.24, 2.45) is 5.73 Å². The van der Waals surface area contributed by atoms with Crippen LogP contribution < -0.4 is 10.5 Å². The highest BCUT2D eigenvalue weighted by Gasteiger charge is 2.12. The number of carbonyl (C=O) groups is 1. The average molecular weight is 255 g/mol. The molecular weight excluding hydrogens is 238 g/mol. The van der Waals surface area contributed by atoms with E-state index >= 15 is 0 Å². The first-order chi connectivity index (χ1) is 8.17. The highest BCUT2D eigenvalue weighted by molar-refractivity contribution is 7.99. The molecule has 0 heterocycles. The van der Waals surface area contributed by atoms with Gasteiger partial charge in [-0.15, -0.1) is 11.8 Å². The summed E-state index contributed by atoms with van der Waals surface area (Å²) in [5, 5.41) is 0. The first-order valence-electron chi connectivity index (χ1n) is 5.27. The molecule has 2 N–H and O–H groups in total. The summed E-state index contributed by atoms with van der Waals surface area (Å²) in [6, 6.07) is 7.23. The average Bonchev–Trinajstić information content (AvgIpc) is 2.38. The van der Waals surface area contributed by atoms with E-state index in [9.17, 15) is 4.79 Å². The van der Waals surface area contributed by atoms with Crippen LogP contribution in [0, 0.1) is 0 Å². The first-order valence-corrected chi connectivity index (χ1v) is 6.26. The van der Waals surface area contributed by atoms with Crippen molar-refractivity contribution in [2.45, 2.75) is 17.4 Å². The second-order valence-corrected chi connectivity index (χ2v) is 4.61. The molecule has 1 unspecified atom stereocenters. The molecule has 4 nitrogen and oxygen atoms in total. The molecule has 17 heavy (non-hydrogen) atoms. The molecule has 0 saturated carbocycles. The molecule has 0 spiro atoms. The van der Waals surface area contributed by atoms with Crippen LogP contribution in [0.4, 0.5) is 0 Å². The fourth-order valence-electron chi connectivity index (χ4n) is 1.24. The lowest BCUT2D eigenvalue weighted by atomic mass is 10.2. The van der Waals surface area contributed by atoms with Gasteiger partial charge in [-0.3, -0.25) is 4.79 Å². The monoisotopic (exact) mass is 255 g/mol. The molecule has 0 aromatic heterocycles. The molecule has 94 valence electrons. The Kier molecular flexibility index (Phi) is 5.86. The van der Waals surface area contributed by atoms with E-state index in [1.807, 2.05) is 24.3 Å². The number of esters is 1. The normalized spacial score (nSPS) is 11.9. The van der Waals surface area contributed by atoms with Gasteiger partial charge < -0.3 is 15.2 Å². The molecular formula is C12H17NO3S. The minimum atomic E-state index is -0.536. The largest absolute Gasteiger partial charge is 0.497 e. The van der Waals surface area contributed by atoms with Crippen molar-refractivity contribution in [3.05, 3.63) is 24.3 Å². The van der Waals surface area contributed by atoms with E-state index in [2.05, 4.69) is 4.74 Å². The summed E-state index contributed by atoms with van der Waals surface area (Å²) in [5.41, 5.74) is 5.63. The van der Waals surface area contributed by atoms with Crippen molar-refractivity contribution in [3.8, 4) is 5.75 Å². The highest BCUT2D eigenvalue weighted by atomic mass is 32.2. The standard InChI is InChI=1S/C12H17NO3S/c1-15-9-3-5-10(6-4-9)17-8-7-11(13)12(14)16-2/h3-6,11H,7-8,13H2,1-2H3. The van der Waals surface area contributed by atoms with Gasteiger partial charge in [-0.2, -0.15) is 0 Å². The van der Waals surface area contributed by atoms with Crippen LogP contribution in [0.5, 0.6) is 5.75 Å². The highest BCUT2D eigenvalue weighted by Crippen LogP contribution is 2.22. The number of ether oxygens (including phenoxy) is 2. The number of thioether (sulfide) groups is 1. The lowest BCUT2D eigenvalue weighted by Gasteiger charge is -2.08. The molecule has 0 aliphatic rings. The van der Waals surface area contributed by atoms with Gasteiger partial charge in [-0.05, 0) is 30.7 Å². The summed E-state index contributed by atoms with van der Waals surface area (Å²) in [4.78, 5) is 12.2. The van der Waals surface area contributed by atoms with E-state index in [1.165, 1.54) is 7.11 Å². The van der Waals surface area contributed by atoms with Crippen LogP contribution in [0.25, 0.3) is 0 Å². The predicted octanol–water partition coefficient (Wildman–Crippen LogP) is 1.68. The molecule has 0 amide bonds. The van der Waals surface area contributed by atoms with Crippen molar-refractivity contribution in [1.29, 1.82) is 0 Å². The topological polar surface area (TPSA) is 61.5 Å². The third kappa shape index (κ3) is 4.66. The fraction of sp³-hybridized carbons (Fsp3) is 0.417. The van der Waals surface area contributed by atoms with E-state index in [0.29, 0.717) is 6.42 Å². The minimum Gasteiger partial charge on any atom is -0.497 e. The Labute approximate surface area is 105 Å². The van der Waals surface area contributed by atoms with Crippen molar-refractivity contribution in [1.82, 2.24) is 0 Å². The van der Waals surface area contributed by atoms with E-state index in [1.54, 1.807) is 18.9 Å². The molecule has 0 fully saturated rings. The Morgan fingerprint density at radius 2 is 2.00 bits per heavy atom. The van der Waals surface area contributed by atoms with Gasteiger partial charge >= 0.3 is 5.97 Å². The van der Waals surface area contributed by atoms with E-state index in [4.69, 9.17) is 10.5 Å². The number of hydrogen-bond donors (Lipinski definition) is 1. The third-order valence-corrected chi connectivity index (χ3v) is 3.31. The molecule has 5 heteroatoms. The smallest absolute Gasteiger partial charge is 0.322 e. The molecule has 0 saturated heterocycles. The molecule has 1 aromatic carbocycles. The second kappa shape index (κ2) is 7.19. The van der Waals surface area contributed by atoms with Gasteiger partial charge in [0.05, 0.1) is 14.2 Å². The number of nitrogens with two attached hydrogens (primary N) is 1. The SMILES string of the molecule is COC(=O)C(N)CCSc1ccc(OC)cc1. The maximum absolute atomic E-state index is 11.1. The zero-order chi connectivity index (χ0) is 12.7. The molecule has 1 aromatic rings. The quantitative estimate of drug-likeness (QED) is 0.619.